The smallest absolute Gasteiger partial charge is 0.320 e. The predicted octanol–water partition coefficient (Wildman–Crippen LogP) is 3.00. The van der Waals surface area contributed by atoms with Gasteiger partial charge in [0.25, 0.3) is 0 Å². The second kappa shape index (κ2) is 6.90. The number of nitrogens with zero attached hydrogens (tertiary/aromatic N) is 2. The Morgan fingerprint density at radius 1 is 1.27 bits per heavy atom. The summed E-state index contributed by atoms with van der Waals surface area (Å²) in [6, 6.07) is 0. The zero-order chi connectivity index (χ0) is 19.9. The molecule has 2 rings (SSSR count). The molecule has 148 valence electrons. The van der Waals surface area contributed by atoms with Gasteiger partial charge in [0.15, 0.2) is 6.10 Å². The number of ether oxygens (including phenoxy) is 3. The number of rotatable bonds is 4. The van der Waals surface area contributed by atoms with E-state index in [0.717, 1.165) is 0 Å². The van der Waals surface area contributed by atoms with Crippen LogP contribution in [0.3, 0.4) is 0 Å². The molecule has 0 aromatic carbocycles. The number of halogens is 2. The molecule has 2 aliphatic rings. The molecule has 0 saturated carbocycles. The fourth-order valence-corrected chi connectivity index (χ4v) is 2.66. The Morgan fingerprint density at radius 2 is 1.88 bits per heavy atom. The van der Waals surface area contributed by atoms with Gasteiger partial charge in [0.2, 0.25) is 6.23 Å². The Balaban J connectivity index is 2.28. The summed E-state index contributed by atoms with van der Waals surface area (Å²) >= 11 is 0. The number of amidine groups is 1. The highest BCUT2D eigenvalue weighted by atomic mass is 19.3. The zero-order valence-corrected chi connectivity index (χ0v) is 16.3. The van der Waals surface area contributed by atoms with Crippen molar-refractivity contribution < 1.29 is 23.0 Å². The van der Waals surface area contributed by atoms with Gasteiger partial charge in [0.05, 0.1) is 17.8 Å². The van der Waals surface area contributed by atoms with Crippen molar-refractivity contribution in [2.24, 2.45) is 10.7 Å². The van der Waals surface area contributed by atoms with E-state index in [9.17, 15) is 0 Å². The van der Waals surface area contributed by atoms with Crippen LogP contribution in [0.2, 0.25) is 0 Å². The molecule has 0 aromatic rings. The van der Waals surface area contributed by atoms with Crippen molar-refractivity contribution in [2.75, 3.05) is 6.61 Å². The standard InChI is InChI=1S/C18H29F2N3O3/c1-11-22-13(21)8-9-23(11)15-18(19,20)14(26-17(5,6)7)12(25-15)10-24-16(2,3)4/h8-9,12,14-15H,1,10H2,2-7H3,(H2,21,22)/t12-,14?,15-/m1/s1. The SMILES string of the molecule is C=C1N=C(N)C=CN1[C@@H]1O[C@H](COC(C)(C)C)C(OC(C)(C)C)C1(F)F. The van der Waals surface area contributed by atoms with Crippen molar-refractivity contribution in [1.82, 2.24) is 4.90 Å². The summed E-state index contributed by atoms with van der Waals surface area (Å²) in [4.78, 5) is 5.11. The van der Waals surface area contributed by atoms with E-state index in [4.69, 9.17) is 19.9 Å². The maximum atomic E-state index is 15.2. The van der Waals surface area contributed by atoms with E-state index in [0.29, 0.717) is 0 Å². The van der Waals surface area contributed by atoms with Crippen LogP contribution < -0.4 is 5.73 Å². The molecule has 1 fully saturated rings. The molecule has 1 unspecified atom stereocenters. The first-order valence-corrected chi connectivity index (χ1v) is 8.55. The minimum atomic E-state index is -3.31. The number of alkyl halides is 2. The Bertz CT molecular complexity index is 606. The van der Waals surface area contributed by atoms with Gasteiger partial charge in [-0.05, 0) is 47.6 Å². The van der Waals surface area contributed by atoms with Crippen LogP contribution in [-0.4, -0.2) is 52.9 Å². The summed E-state index contributed by atoms with van der Waals surface area (Å²) in [6.07, 6.45) is -1.21. The van der Waals surface area contributed by atoms with Crippen LogP contribution in [-0.2, 0) is 14.2 Å². The van der Waals surface area contributed by atoms with Gasteiger partial charge < -0.3 is 24.8 Å². The molecule has 0 spiro atoms. The highest BCUT2D eigenvalue weighted by Gasteiger charge is 2.63. The van der Waals surface area contributed by atoms with Gasteiger partial charge in [-0.3, -0.25) is 0 Å². The molecule has 1 saturated heterocycles. The van der Waals surface area contributed by atoms with Gasteiger partial charge in [-0.15, -0.1) is 0 Å². The van der Waals surface area contributed by atoms with Crippen LogP contribution in [0.25, 0.3) is 0 Å². The van der Waals surface area contributed by atoms with E-state index in [1.165, 1.54) is 17.2 Å². The zero-order valence-electron chi connectivity index (χ0n) is 16.3. The first-order chi connectivity index (χ1) is 11.7. The third kappa shape index (κ3) is 4.81. The lowest BCUT2D eigenvalue weighted by Crippen LogP contribution is -2.50. The van der Waals surface area contributed by atoms with E-state index in [-0.39, 0.29) is 18.3 Å². The topological polar surface area (TPSA) is 69.3 Å². The second-order valence-corrected chi connectivity index (χ2v) is 8.45. The van der Waals surface area contributed by atoms with Crippen LogP contribution in [0.1, 0.15) is 41.5 Å². The lowest BCUT2D eigenvalue weighted by molar-refractivity contribution is -0.188. The Kier molecular flexibility index (Phi) is 5.52. The highest BCUT2D eigenvalue weighted by Crippen LogP contribution is 2.43. The van der Waals surface area contributed by atoms with Crippen LogP contribution in [0.4, 0.5) is 8.78 Å². The lowest BCUT2D eigenvalue weighted by Gasteiger charge is -2.34. The van der Waals surface area contributed by atoms with Gasteiger partial charge >= 0.3 is 5.92 Å². The van der Waals surface area contributed by atoms with Crippen molar-refractivity contribution in [3.8, 4) is 0 Å². The summed E-state index contributed by atoms with van der Waals surface area (Å²) in [5, 5.41) is 0. The number of hydrogen-bond donors (Lipinski definition) is 1. The molecular formula is C18H29F2N3O3. The van der Waals surface area contributed by atoms with E-state index in [1.54, 1.807) is 20.8 Å². The monoisotopic (exact) mass is 373 g/mol. The van der Waals surface area contributed by atoms with E-state index >= 15 is 8.78 Å². The van der Waals surface area contributed by atoms with Gasteiger partial charge in [-0.2, -0.15) is 8.78 Å². The lowest BCUT2D eigenvalue weighted by atomic mass is 10.1. The van der Waals surface area contributed by atoms with Crippen molar-refractivity contribution in [3.05, 3.63) is 24.7 Å². The molecule has 0 aliphatic carbocycles. The van der Waals surface area contributed by atoms with Crippen molar-refractivity contribution >= 4 is 5.84 Å². The van der Waals surface area contributed by atoms with E-state index in [1.807, 2.05) is 20.8 Å². The number of hydrogen-bond acceptors (Lipinski definition) is 6. The minimum absolute atomic E-state index is 0.0220. The first-order valence-electron chi connectivity index (χ1n) is 8.55. The first kappa shape index (κ1) is 20.8. The molecule has 26 heavy (non-hydrogen) atoms. The van der Waals surface area contributed by atoms with Crippen molar-refractivity contribution in [1.29, 1.82) is 0 Å². The summed E-state index contributed by atoms with van der Waals surface area (Å²) in [5.74, 6) is -3.03. The normalized spacial score (nSPS) is 29.2. The maximum absolute atomic E-state index is 15.2. The largest absolute Gasteiger partial charge is 0.384 e. The van der Waals surface area contributed by atoms with Crippen molar-refractivity contribution in [2.45, 2.75) is 77.1 Å². The van der Waals surface area contributed by atoms with Gasteiger partial charge in [-0.1, -0.05) is 6.58 Å². The minimum Gasteiger partial charge on any atom is -0.384 e. The maximum Gasteiger partial charge on any atom is 0.320 e. The summed E-state index contributed by atoms with van der Waals surface area (Å²) in [5.41, 5.74) is 4.33. The predicted molar refractivity (Wildman–Crippen MR) is 95.7 cm³/mol. The molecule has 8 heteroatoms. The van der Waals surface area contributed by atoms with Gasteiger partial charge in [0, 0.05) is 6.20 Å². The van der Waals surface area contributed by atoms with Crippen molar-refractivity contribution in [3.63, 3.8) is 0 Å². The molecule has 0 bridgehead atoms. The van der Waals surface area contributed by atoms with Gasteiger partial charge in [-0.25, -0.2) is 4.99 Å². The van der Waals surface area contributed by atoms with Crippen LogP contribution in [0.15, 0.2) is 29.7 Å². The van der Waals surface area contributed by atoms with Gasteiger partial charge in [0.1, 0.15) is 17.8 Å². The molecule has 0 aromatic heterocycles. The average molecular weight is 373 g/mol. The van der Waals surface area contributed by atoms with Crippen LogP contribution in [0.5, 0.6) is 0 Å². The third-order valence-corrected chi connectivity index (χ3v) is 3.73. The Morgan fingerprint density at radius 3 is 2.38 bits per heavy atom. The van der Waals surface area contributed by atoms with Crippen LogP contribution >= 0.6 is 0 Å². The van der Waals surface area contributed by atoms with Crippen LogP contribution in [0, 0.1) is 0 Å². The molecule has 2 aliphatic heterocycles. The summed E-state index contributed by atoms with van der Waals surface area (Å²) < 4.78 is 47.5. The second-order valence-electron chi connectivity index (χ2n) is 8.45. The van der Waals surface area contributed by atoms with E-state index in [2.05, 4.69) is 11.6 Å². The number of aliphatic imine (C=N–C) groups is 1. The molecule has 6 nitrogen and oxygen atoms in total. The quantitative estimate of drug-likeness (QED) is 0.820. The fourth-order valence-electron chi connectivity index (χ4n) is 2.66. The Labute approximate surface area is 153 Å². The van der Waals surface area contributed by atoms with E-state index < -0.39 is 35.6 Å². The molecule has 3 atom stereocenters. The average Bonchev–Trinajstić information content (AvgIpc) is 2.67. The molecular weight excluding hydrogens is 344 g/mol. The molecule has 2 heterocycles. The summed E-state index contributed by atoms with van der Waals surface area (Å²) in [7, 11) is 0. The Hall–Kier alpha value is -1.51. The fraction of sp³-hybridized carbons (Fsp3) is 0.722. The summed E-state index contributed by atoms with van der Waals surface area (Å²) in [6.45, 7) is 14.4. The highest BCUT2D eigenvalue weighted by molar-refractivity contribution is 5.92. The molecule has 0 radical (unpaired) electrons. The third-order valence-electron chi connectivity index (χ3n) is 3.73. The molecule has 0 amide bonds. The number of nitrogens with two attached hydrogens (primary N) is 1. The molecule has 2 N–H and O–H groups in total.